The number of hydrogen-bond donors (Lipinski definition) is 1. The minimum Gasteiger partial charge on any atom is -0.347 e. The van der Waals surface area contributed by atoms with Crippen LogP contribution in [0.5, 0.6) is 0 Å². The second-order valence-electron chi connectivity index (χ2n) is 9.25. The maximum absolute atomic E-state index is 13.5. The van der Waals surface area contributed by atoms with Gasteiger partial charge in [0.1, 0.15) is 0 Å². The number of halogens is 1. The molecule has 29 heavy (non-hydrogen) atoms. The molecule has 1 amide bonds. The van der Waals surface area contributed by atoms with Gasteiger partial charge in [-0.1, -0.05) is 17.7 Å². The monoisotopic (exact) mass is 406 g/mol. The molecule has 5 nitrogen and oxygen atoms in total. The first-order chi connectivity index (χ1) is 14.1. The van der Waals surface area contributed by atoms with Gasteiger partial charge in [0.25, 0.3) is 5.91 Å². The SMILES string of the molecule is O=C(NC12CC3CC(CC(C3)C1)C2)c1cn(-c2ncccn2)c2cccc(Cl)c12. The van der Waals surface area contributed by atoms with Crippen molar-refractivity contribution in [3.63, 3.8) is 0 Å². The van der Waals surface area contributed by atoms with E-state index in [-0.39, 0.29) is 11.4 Å². The number of hydrogen-bond acceptors (Lipinski definition) is 3. The molecule has 4 aliphatic carbocycles. The first-order valence-corrected chi connectivity index (χ1v) is 10.9. The Kier molecular flexibility index (Phi) is 3.79. The molecule has 6 heteroatoms. The second-order valence-corrected chi connectivity index (χ2v) is 9.65. The van der Waals surface area contributed by atoms with Gasteiger partial charge in [0.05, 0.1) is 16.1 Å². The van der Waals surface area contributed by atoms with Crippen LogP contribution in [0.4, 0.5) is 0 Å². The van der Waals surface area contributed by atoms with E-state index in [9.17, 15) is 4.79 Å². The first kappa shape index (κ1) is 17.5. The third kappa shape index (κ3) is 2.78. The summed E-state index contributed by atoms with van der Waals surface area (Å²) in [5.74, 6) is 2.85. The van der Waals surface area contributed by atoms with E-state index in [1.165, 1.54) is 19.3 Å². The molecule has 4 saturated carbocycles. The molecular formula is C23H23ClN4O. The number of aromatic nitrogens is 3. The van der Waals surface area contributed by atoms with Crippen molar-refractivity contribution in [2.45, 2.75) is 44.1 Å². The highest BCUT2D eigenvalue weighted by Gasteiger charge is 2.51. The molecule has 0 radical (unpaired) electrons. The average molecular weight is 407 g/mol. The summed E-state index contributed by atoms with van der Waals surface area (Å²) in [5.41, 5.74) is 1.42. The van der Waals surface area contributed by atoms with E-state index in [1.54, 1.807) is 18.5 Å². The lowest BCUT2D eigenvalue weighted by Gasteiger charge is -2.56. The van der Waals surface area contributed by atoms with Gasteiger partial charge in [-0.05, 0) is 74.5 Å². The summed E-state index contributed by atoms with van der Waals surface area (Å²) >= 11 is 6.55. The summed E-state index contributed by atoms with van der Waals surface area (Å²) in [6.45, 7) is 0. The molecule has 4 fully saturated rings. The molecule has 7 rings (SSSR count). The molecule has 2 heterocycles. The Bertz CT molecular complexity index is 1070. The normalized spacial score (nSPS) is 30.0. The third-order valence-electron chi connectivity index (χ3n) is 7.21. The minimum absolute atomic E-state index is 0.0280. The van der Waals surface area contributed by atoms with Gasteiger partial charge in [0.2, 0.25) is 5.95 Å². The van der Waals surface area contributed by atoms with Crippen molar-refractivity contribution in [1.29, 1.82) is 0 Å². The lowest BCUT2D eigenvalue weighted by atomic mass is 9.53. The van der Waals surface area contributed by atoms with E-state index in [4.69, 9.17) is 11.6 Å². The number of fused-ring (bicyclic) bond motifs is 1. The van der Waals surface area contributed by atoms with Crippen molar-refractivity contribution < 1.29 is 4.79 Å². The van der Waals surface area contributed by atoms with E-state index in [1.807, 2.05) is 29.0 Å². The molecule has 0 unspecified atom stereocenters. The van der Waals surface area contributed by atoms with Gasteiger partial charge in [0, 0.05) is 29.5 Å². The van der Waals surface area contributed by atoms with E-state index in [0.717, 1.165) is 47.9 Å². The Hall–Kier alpha value is -2.40. The van der Waals surface area contributed by atoms with Crippen molar-refractivity contribution in [3.8, 4) is 5.95 Å². The fourth-order valence-corrected chi connectivity index (χ4v) is 6.84. The Morgan fingerprint density at radius 2 is 1.69 bits per heavy atom. The maximum Gasteiger partial charge on any atom is 0.253 e. The molecule has 2 aromatic heterocycles. The van der Waals surface area contributed by atoms with Crippen LogP contribution in [0.15, 0.2) is 42.9 Å². The van der Waals surface area contributed by atoms with Crippen LogP contribution in [-0.2, 0) is 0 Å². The molecule has 4 bridgehead atoms. The number of benzene rings is 1. The van der Waals surface area contributed by atoms with Crippen LogP contribution in [0.2, 0.25) is 5.02 Å². The molecule has 0 aliphatic heterocycles. The Morgan fingerprint density at radius 3 is 2.34 bits per heavy atom. The minimum atomic E-state index is -0.0369. The zero-order chi connectivity index (χ0) is 19.6. The highest BCUT2D eigenvalue weighted by Crippen LogP contribution is 2.55. The fourth-order valence-electron chi connectivity index (χ4n) is 6.57. The van der Waals surface area contributed by atoms with Crippen molar-refractivity contribution in [3.05, 3.63) is 53.4 Å². The number of carbonyl (C=O) groups is 1. The number of nitrogens with one attached hydrogen (secondary N) is 1. The fraction of sp³-hybridized carbons (Fsp3) is 0.435. The largest absolute Gasteiger partial charge is 0.347 e. The standard InChI is InChI=1S/C23H23ClN4O/c24-18-3-1-4-19-20(18)17(13-28(19)22-25-5-2-6-26-22)21(29)27-23-10-14-7-15(11-23)9-16(8-14)12-23/h1-6,13-16H,7-12H2,(H,27,29). The zero-order valence-electron chi connectivity index (χ0n) is 16.1. The zero-order valence-corrected chi connectivity index (χ0v) is 16.9. The van der Waals surface area contributed by atoms with Crippen molar-refractivity contribution in [2.24, 2.45) is 17.8 Å². The predicted octanol–water partition coefficient (Wildman–Crippen LogP) is 4.77. The van der Waals surface area contributed by atoms with Crippen molar-refractivity contribution >= 4 is 28.4 Å². The highest BCUT2D eigenvalue weighted by atomic mass is 35.5. The number of rotatable bonds is 3. The van der Waals surface area contributed by atoms with Gasteiger partial charge in [-0.15, -0.1) is 0 Å². The van der Waals surface area contributed by atoms with Gasteiger partial charge in [-0.25, -0.2) is 9.97 Å². The number of carbonyl (C=O) groups excluding carboxylic acids is 1. The van der Waals surface area contributed by atoms with Gasteiger partial charge in [-0.3, -0.25) is 9.36 Å². The smallest absolute Gasteiger partial charge is 0.253 e. The molecule has 1 N–H and O–H groups in total. The van der Waals surface area contributed by atoms with E-state index in [0.29, 0.717) is 16.5 Å². The Balaban J connectivity index is 1.41. The van der Waals surface area contributed by atoms with E-state index >= 15 is 0 Å². The average Bonchev–Trinajstić information content (AvgIpc) is 3.08. The van der Waals surface area contributed by atoms with Gasteiger partial charge >= 0.3 is 0 Å². The van der Waals surface area contributed by atoms with Crippen LogP contribution in [0.3, 0.4) is 0 Å². The van der Waals surface area contributed by atoms with Crippen LogP contribution in [0.1, 0.15) is 48.9 Å². The van der Waals surface area contributed by atoms with Crippen LogP contribution >= 0.6 is 11.6 Å². The van der Waals surface area contributed by atoms with Gasteiger partial charge < -0.3 is 5.32 Å². The van der Waals surface area contributed by atoms with Gasteiger partial charge in [-0.2, -0.15) is 0 Å². The molecule has 4 aliphatic rings. The maximum atomic E-state index is 13.5. The molecule has 0 saturated heterocycles. The Labute approximate surface area is 174 Å². The molecule has 0 atom stereocenters. The quantitative estimate of drug-likeness (QED) is 0.681. The number of nitrogens with zero attached hydrogens (tertiary/aromatic N) is 3. The van der Waals surface area contributed by atoms with Crippen molar-refractivity contribution in [1.82, 2.24) is 19.9 Å². The lowest BCUT2D eigenvalue weighted by Crippen LogP contribution is -2.59. The van der Waals surface area contributed by atoms with Crippen LogP contribution in [0.25, 0.3) is 16.9 Å². The predicted molar refractivity (Wildman–Crippen MR) is 112 cm³/mol. The summed E-state index contributed by atoms with van der Waals surface area (Å²) in [7, 11) is 0. The van der Waals surface area contributed by atoms with Crippen molar-refractivity contribution in [2.75, 3.05) is 0 Å². The molecule has 3 aromatic rings. The summed E-state index contributed by atoms with van der Waals surface area (Å²) in [6, 6.07) is 7.47. The summed E-state index contributed by atoms with van der Waals surface area (Å²) in [4.78, 5) is 22.2. The molecule has 0 spiro atoms. The third-order valence-corrected chi connectivity index (χ3v) is 7.52. The Morgan fingerprint density at radius 1 is 1.03 bits per heavy atom. The second kappa shape index (κ2) is 6.30. The van der Waals surface area contributed by atoms with E-state index in [2.05, 4.69) is 15.3 Å². The first-order valence-electron chi connectivity index (χ1n) is 10.5. The molecule has 148 valence electrons. The molecule has 1 aromatic carbocycles. The van der Waals surface area contributed by atoms with Gasteiger partial charge in [0.15, 0.2) is 0 Å². The highest BCUT2D eigenvalue weighted by molar-refractivity contribution is 6.37. The summed E-state index contributed by atoms with van der Waals surface area (Å²) in [5, 5.41) is 4.82. The molecular weight excluding hydrogens is 384 g/mol. The van der Waals surface area contributed by atoms with Crippen LogP contribution in [-0.4, -0.2) is 26.0 Å². The number of amides is 1. The summed E-state index contributed by atoms with van der Waals surface area (Å²) < 4.78 is 1.86. The topological polar surface area (TPSA) is 59.8 Å². The lowest BCUT2D eigenvalue weighted by molar-refractivity contribution is -0.0166. The van der Waals surface area contributed by atoms with Crippen LogP contribution < -0.4 is 5.32 Å². The van der Waals surface area contributed by atoms with E-state index < -0.39 is 0 Å². The summed E-state index contributed by atoms with van der Waals surface area (Å²) in [6.07, 6.45) is 12.7. The van der Waals surface area contributed by atoms with Crippen LogP contribution in [0, 0.1) is 17.8 Å².